The number of hydrogen-bond donors (Lipinski definition) is 0. The molecular weight excluding hydrogens is 134 g/mol. The van der Waals surface area contributed by atoms with E-state index in [4.69, 9.17) is 5.26 Å². The van der Waals surface area contributed by atoms with E-state index < -0.39 is 0 Å². The predicted octanol–water partition coefficient (Wildman–Crippen LogP) is 2.98. The van der Waals surface area contributed by atoms with Gasteiger partial charge < -0.3 is 0 Å². The summed E-state index contributed by atoms with van der Waals surface area (Å²) in [5.74, 6) is 0. The zero-order valence-electron chi connectivity index (χ0n) is 6.93. The second-order valence-corrected chi connectivity index (χ2v) is 2.32. The standard InChI is InChI=1S/C10H13N/c1-4-6-9(3)7-10(5-2)8-11/h5,7H,2-4,6H2,1H3/b10-7+. The molecule has 58 valence electrons. The Morgan fingerprint density at radius 3 is 2.64 bits per heavy atom. The molecule has 0 aromatic heterocycles. The van der Waals surface area contributed by atoms with Crippen LogP contribution in [0.15, 0.2) is 36.5 Å². The van der Waals surface area contributed by atoms with Crippen LogP contribution in [0.25, 0.3) is 0 Å². The average molecular weight is 147 g/mol. The van der Waals surface area contributed by atoms with E-state index >= 15 is 0 Å². The van der Waals surface area contributed by atoms with E-state index in [1.54, 1.807) is 12.2 Å². The van der Waals surface area contributed by atoms with Gasteiger partial charge in [-0.2, -0.15) is 5.26 Å². The molecule has 0 radical (unpaired) electrons. The Bertz CT molecular complexity index is 216. The highest BCUT2D eigenvalue weighted by molar-refractivity contribution is 5.37. The number of rotatable bonds is 4. The Balaban J connectivity index is 4.18. The van der Waals surface area contributed by atoms with E-state index in [2.05, 4.69) is 20.1 Å². The molecule has 0 aliphatic rings. The maximum Gasteiger partial charge on any atom is 0.0991 e. The second kappa shape index (κ2) is 5.49. The molecule has 1 nitrogen and oxygen atoms in total. The van der Waals surface area contributed by atoms with Crippen molar-refractivity contribution in [2.45, 2.75) is 19.8 Å². The van der Waals surface area contributed by atoms with E-state index in [9.17, 15) is 0 Å². The number of nitriles is 1. The van der Waals surface area contributed by atoms with Gasteiger partial charge in [0.2, 0.25) is 0 Å². The molecule has 0 unspecified atom stereocenters. The molecule has 0 atom stereocenters. The van der Waals surface area contributed by atoms with Gasteiger partial charge in [-0.3, -0.25) is 0 Å². The van der Waals surface area contributed by atoms with Gasteiger partial charge in [-0.15, -0.1) is 0 Å². The van der Waals surface area contributed by atoms with E-state index in [-0.39, 0.29) is 0 Å². The summed E-state index contributed by atoms with van der Waals surface area (Å²) in [6, 6.07) is 2.02. The third-order valence-corrected chi connectivity index (χ3v) is 1.28. The Labute approximate surface area is 68.3 Å². The van der Waals surface area contributed by atoms with Crippen LogP contribution in [0.1, 0.15) is 19.8 Å². The van der Waals surface area contributed by atoms with Crippen molar-refractivity contribution in [3.63, 3.8) is 0 Å². The Kier molecular flexibility index (Phi) is 4.85. The predicted molar refractivity (Wildman–Crippen MR) is 47.9 cm³/mol. The minimum Gasteiger partial charge on any atom is -0.192 e. The van der Waals surface area contributed by atoms with Crippen LogP contribution in [0.2, 0.25) is 0 Å². The van der Waals surface area contributed by atoms with Crippen LogP contribution in [0.4, 0.5) is 0 Å². The Morgan fingerprint density at radius 2 is 2.27 bits per heavy atom. The maximum absolute atomic E-state index is 8.51. The summed E-state index contributed by atoms with van der Waals surface area (Å²) >= 11 is 0. The second-order valence-electron chi connectivity index (χ2n) is 2.32. The summed E-state index contributed by atoms with van der Waals surface area (Å²) in [5, 5.41) is 8.51. The van der Waals surface area contributed by atoms with Crippen LogP contribution in [0.3, 0.4) is 0 Å². The topological polar surface area (TPSA) is 23.8 Å². The summed E-state index contributed by atoms with van der Waals surface area (Å²) in [6.45, 7) is 9.40. The highest BCUT2D eigenvalue weighted by atomic mass is 14.2. The van der Waals surface area contributed by atoms with Gasteiger partial charge in [0, 0.05) is 0 Å². The SMILES string of the molecule is C=C/C(C#N)=C\C(=C)CCC. The molecule has 0 saturated carbocycles. The van der Waals surface area contributed by atoms with E-state index in [1.165, 1.54) is 0 Å². The normalized spacial score (nSPS) is 10.4. The third-order valence-electron chi connectivity index (χ3n) is 1.28. The van der Waals surface area contributed by atoms with Gasteiger partial charge >= 0.3 is 0 Å². The average Bonchev–Trinajstić information content (AvgIpc) is 2.01. The first kappa shape index (κ1) is 9.71. The van der Waals surface area contributed by atoms with Crippen LogP contribution in [0.5, 0.6) is 0 Å². The van der Waals surface area contributed by atoms with Crippen LogP contribution in [0, 0.1) is 11.3 Å². The molecule has 0 heterocycles. The van der Waals surface area contributed by atoms with Gasteiger partial charge in [-0.1, -0.05) is 38.2 Å². The molecule has 0 aliphatic heterocycles. The minimum atomic E-state index is 0.587. The highest BCUT2D eigenvalue weighted by Crippen LogP contribution is 2.06. The molecule has 0 aromatic carbocycles. The van der Waals surface area contributed by atoms with Gasteiger partial charge in [-0.25, -0.2) is 0 Å². The Hall–Kier alpha value is -1.29. The molecule has 0 amide bonds. The van der Waals surface area contributed by atoms with Crippen molar-refractivity contribution >= 4 is 0 Å². The molecule has 0 fully saturated rings. The van der Waals surface area contributed by atoms with Crippen LogP contribution >= 0.6 is 0 Å². The highest BCUT2D eigenvalue weighted by Gasteiger charge is 1.90. The molecule has 0 aliphatic carbocycles. The maximum atomic E-state index is 8.51. The molecule has 0 N–H and O–H groups in total. The summed E-state index contributed by atoms with van der Waals surface area (Å²) < 4.78 is 0. The number of hydrogen-bond acceptors (Lipinski definition) is 1. The first-order valence-electron chi connectivity index (χ1n) is 3.66. The minimum absolute atomic E-state index is 0.587. The van der Waals surface area contributed by atoms with Gasteiger partial charge in [0.05, 0.1) is 11.6 Å². The van der Waals surface area contributed by atoms with Gasteiger partial charge in [-0.05, 0) is 12.5 Å². The zero-order valence-corrected chi connectivity index (χ0v) is 6.93. The van der Waals surface area contributed by atoms with E-state index in [1.807, 2.05) is 6.07 Å². The summed E-state index contributed by atoms with van der Waals surface area (Å²) in [5.41, 5.74) is 1.58. The first-order chi connectivity index (χ1) is 5.24. The quantitative estimate of drug-likeness (QED) is 0.443. The van der Waals surface area contributed by atoms with Crippen molar-refractivity contribution < 1.29 is 0 Å². The largest absolute Gasteiger partial charge is 0.192 e. The van der Waals surface area contributed by atoms with Crippen molar-refractivity contribution in [2.75, 3.05) is 0 Å². The van der Waals surface area contributed by atoms with Crippen molar-refractivity contribution in [3.05, 3.63) is 36.5 Å². The first-order valence-corrected chi connectivity index (χ1v) is 3.66. The van der Waals surface area contributed by atoms with E-state index in [0.29, 0.717) is 5.57 Å². The lowest BCUT2D eigenvalue weighted by molar-refractivity contribution is 0.929. The third kappa shape index (κ3) is 4.16. The fourth-order valence-corrected chi connectivity index (χ4v) is 0.750. The summed E-state index contributed by atoms with van der Waals surface area (Å²) in [7, 11) is 0. The van der Waals surface area contributed by atoms with Crippen molar-refractivity contribution in [3.8, 4) is 6.07 Å². The number of allylic oxidation sites excluding steroid dienone is 4. The number of nitrogens with zero attached hydrogens (tertiary/aromatic N) is 1. The smallest absolute Gasteiger partial charge is 0.0991 e. The van der Waals surface area contributed by atoms with Crippen molar-refractivity contribution in [2.24, 2.45) is 0 Å². The molecule has 0 bridgehead atoms. The van der Waals surface area contributed by atoms with Crippen molar-refractivity contribution in [1.82, 2.24) is 0 Å². The van der Waals surface area contributed by atoms with Gasteiger partial charge in [0.1, 0.15) is 0 Å². The molecule has 0 aromatic rings. The fourth-order valence-electron chi connectivity index (χ4n) is 0.750. The van der Waals surface area contributed by atoms with Crippen LogP contribution < -0.4 is 0 Å². The van der Waals surface area contributed by atoms with Crippen LogP contribution in [-0.2, 0) is 0 Å². The lowest BCUT2D eigenvalue weighted by Gasteiger charge is -1.94. The fraction of sp³-hybridized carbons (Fsp3) is 0.300. The lowest BCUT2D eigenvalue weighted by atomic mass is 10.1. The molecular formula is C10H13N. The summed E-state index contributed by atoms with van der Waals surface area (Å²) in [4.78, 5) is 0. The molecule has 1 heteroatoms. The lowest BCUT2D eigenvalue weighted by Crippen LogP contribution is -1.77. The van der Waals surface area contributed by atoms with Crippen LogP contribution in [-0.4, -0.2) is 0 Å². The zero-order chi connectivity index (χ0) is 8.69. The van der Waals surface area contributed by atoms with Gasteiger partial charge in [0.15, 0.2) is 0 Å². The summed E-state index contributed by atoms with van der Waals surface area (Å²) in [6.07, 6.45) is 5.32. The monoisotopic (exact) mass is 147 g/mol. The van der Waals surface area contributed by atoms with Gasteiger partial charge in [0.25, 0.3) is 0 Å². The Morgan fingerprint density at radius 1 is 1.64 bits per heavy atom. The molecule has 0 spiro atoms. The van der Waals surface area contributed by atoms with Crippen molar-refractivity contribution in [1.29, 1.82) is 5.26 Å². The molecule has 0 rings (SSSR count). The molecule has 11 heavy (non-hydrogen) atoms. The molecule has 0 saturated heterocycles. The van der Waals surface area contributed by atoms with E-state index in [0.717, 1.165) is 18.4 Å².